The highest BCUT2D eigenvalue weighted by Gasteiger charge is 2.06. The highest BCUT2D eigenvalue weighted by Crippen LogP contribution is 2.09. The average Bonchev–Trinajstić information content (AvgIpc) is 2.99. The Kier molecular flexibility index (Phi) is 7.07. The molecule has 0 aliphatic carbocycles. The van der Waals surface area contributed by atoms with Gasteiger partial charge in [-0.15, -0.1) is 11.3 Å². The molecule has 2 heterocycles. The van der Waals surface area contributed by atoms with Gasteiger partial charge in [0, 0.05) is 35.8 Å². The van der Waals surface area contributed by atoms with Crippen molar-refractivity contribution in [1.29, 1.82) is 0 Å². The Labute approximate surface area is 151 Å². The highest BCUT2D eigenvalue weighted by molar-refractivity contribution is 7.80. The number of aromatic nitrogens is 2. The van der Waals surface area contributed by atoms with Crippen LogP contribution in [0.4, 0.5) is 5.95 Å². The lowest BCUT2D eigenvalue weighted by atomic mass is 10.3. The maximum atomic E-state index is 5.25. The molecule has 0 fully saturated rings. The van der Waals surface area contributed by atoms with Gasteiger partial charge in [0.2, 0.25) is 11.9 Å². The van der Waals surface area contributed by atoms with Crippen LogP contribution in [0.5, 0.6) is 0 Å². The molecule has 2 aromatic heterocycles. The minimum Gasteiger partial charge on any atom is -0.363 e. The molecule has 2 aromatic rings. The van der Waals surface area contributed by atoms with E-state index in [1.807, 2.05) is 32.9 Å². The van der Waals surface area contributed by atoms with Gasteiger partial charge in [-0.25, -0.2) is 9.97 Å². The summed E-state index contributed by atoms with van der Waals surface area (Å²) in [5.41, 5.74) is 1.80. The Morgan fingerprint density at radius 3 is 2.67 bits per heavy atom. The average molecular weight is 363 g/mol. The van der Waals surface area contributed by atoms with E-state index >= 15 is 0 Å². The summed E-state index contributed by atoms with van der Waals surface area (Å²) in [7, 11) is 0. The minimum absolute atomic E-state index is 0.508. The number of aryl methyl sites for hydroxylation is 2. The molecule has 0 spiro atoms. The number of aliphatic imine (C=N–C) groups is 1. The number of nitrogens with one attached hydrogen (secondary N) is 3. The van der Waals surface area contributed by atoms with Crippen molar-refractivity contribution in [2.24, 2.45) is 4.99 Å². The third-order valence-electron chi connectivity index (χ3n) is 2.99. The summed E-state index contributed by atoms with van der Waals surface area (Å²) in [6.45, 7) is 7.25. The molecular weight excluding hydrogens is 340 g/mol. The molecule has 0 bridgehead atoms. The first-order chi connectivity index (χ1) is 11.6. The number of hydrogen-bond acceptors (Lipinski definition) is 5. The smallest absolute Gasteiger partial charge is 0.229 e. The first-order valence-corrected chi connectivity index (χ1v) is 9.06. The van der Waals surface area contributed by atoms with Crippen LogP contribution in [0.2, 0.25) is 0 Å². The van der Waals surface area contributed by atoms with Crippen LogP contribution in [0.3, 0.4) is 0 Å². The van der Waals surface area contributed by atoms with Crippen LogP contribution in [-0.4, -0.2) is 34.1 Å². The van der Waals surface area contributed by atoms with E-state index in [2.05, 4.69) is 42.4 Å². The van der Waals surface area contributed by atoms with Gasteiger partial charge in [0.1, 0.15) is 0 Å². The molecule has 0 aromatic carbocycles. The number of hydrogen-bond donors (Lipinski definition) is 3. The number of thiophene rings is 1. The van der Waals surface area contributed by atoms with E-state index < -0.39 is 0 Å². The third-order valence-corrected chi connectivity index (χ3v) is 4.17. The van der Waals surface area contributed by atoms with Crippen molar-refractivity contribution in [3.63, 3.8) is 0 Å². The van der Waals surface area contributed by atoms with Crippen molar-refractivity contribution in [2.45, 2.75) is 27.2 Å². The summed E-state index contributed by atoms with van der Waals surface area (Å²) in [6, 6.07) is 6.08. The standard InChI is InChI=1S/C16H22N6S2/c1-4-17-16(23)22-14(18-8-7-13-6-5-9-24-13)21-15-19-11(2)10-12(3)20-15/h5-6,9-10H,4,7-8H2,1-3H3,(H3,17,18,19,20,21,22,23). The number of anilines is 1. The Morgan fingerprint density at radius 2 is 2.04 bits per heavy atom. The zero-order valence-corrected chi connectivity index (χ0v) is 15.7. The van der Waals surface area contributed by atoms with Crippen LogP contribution in [0.1, 0.15) is 23.2 Å². The topological polar surface area (TPSA) is 74.2 Å². The Balaban J connectivity index is 2.07. The van der Waals surface area contributed by atoms with Crippen molar-refractivity contribution in [3.05, 3.63) is 39.8 Å². The van der Waals surface area contributed by atoms with E-state index in [-0.39, 0.29) is 0 Å². The number of rotatable bonds is 5. The van der Waals surface area contributed by atoms with Gasteiger partial charge in [-0.1, -0.05) is 6.07 Å². The Hall–Kier alpha value is -2.06. The van der Waals surface area contributed by atoms with Gasteiger partial charge in [0.05, 0.1) is 0 Å². The van der Waals surface area contributed by atoms with E-state index in [1.54, 1.807) is 11.3 Å². The van der Waals surface area contributed by atoms with Crippen molar-refractivity contribution in [1.82, 2.24) is 20.6 Å². The quantitative estimate of drug-likeness (QED) is 0.431. The Bertz CT molecular complexity index is 676. The molecule has 0 unspecified atom stereocenters. The fourth-order valence-electron chi connectivity index (χ4n) is 2.04. The minimum atomic E-state index is 0.508. The molecule has 128 valence electrons. The lowest BCUT2D eigenvalue weighted by Gasteiger charge is -2.13. The molecule has 24 heavy (non-hydrogen) atoms. The van der Waals surface area contributed by atoms with Crippen LogP contribution in [0.25, 0.3) is 0 Å². The van der Waals surface area contributed by atoms with Crippen LogP contribution in [-0.2, 0) is 6.42 Å². The normalized spacial score (nSPS) is 11.2. The molecule has 8 heteroatoms. The summed E-state index contributed by atoms with van der Waals surface area (Å²) in [5.74, 6) is 1.05. The third kappa shape index (κ3) is 6.21. The number of guanidine groups is 1. The van der Waals surface area contributed by atoms with Gasteiger partial charge in [0.15, 0.2) is 5.11 Å². The summed E-state index contributed by atoms with van der Waals surface area (Å²) in [6.07, 6.45) is 0.881. The first-order valence-electron chi connectivity index (χ1n) is 7.78. The molecule has 0 aliphatic rings. The fraction of sp³-hybridized carbons (Fsp3) is 0.375. The molecule has 0 aliphatic heterocycles. The van der Waals surface area contributed by atoms with Crippen molar-refractivity contribution < 1.29 is 0 Å². The molecule has 0 amide bonds. The summed E-state index contributed by atoms with van der Waals surface area (Å²) >= 11 is 6.98. The fourth-order valence-corrected chi connectivity index (χ4v) is 2.98. The van der Waals surface area contributed by atoms with E-state index in [1.165, 1.54) is 4.88 Å². The van der Waals surface area contributed by atoms with Gasteiger partial charge < -0.3 is 10.6 Å². The summed E-state index contributed by atoms with van der Waals surface area (Å²) in [4.78, 5) is 14.6. The Morgan fingerprint density at radius 1 is 1.29 bits per heavy atom. The predicted octanol–water partition coefficient (Wildman–Crippen LogP) is 2.65. The lowest BCUT2D eigenvalue weighted by Crippen LogP contribution is -2.42. The summed E-state index contributed by atoms with van der Waals surface area (Å²) < 4.78 is 0. The van der Waals surface area contributed by atoms with Crippen molar-refractivity contribution in [2.75, 3.05) is 18.4 Å². The second kappa shape index (κ2) is 9.29. The van der Waals surface area contributed by atoms with Gasteiger partial charge in [-0.2, -0.15) is 0 Å². The van der Waals surface area contributed by atoms with E-state index in [9.17, 15) is 0 Å². The van der Waals surface area contributed by atoms with E-state index in [4.69, 9.17) is 12.2 Å². The second-order valence-corrected chi connectivity index (χ2v) is 6.58. The molecule has 6 nitrogen and oxygen atoms in total. The van der Waals surface area contributed by atoms with E-state index in [0.29, 0.717) is 23.6 Å². The van der Waals surface area contributed by atoms with E-state index in [0.717, 1.165) is 24.4 Å². The van der Waals surface area contributed by atoms with Crippen LogP contribution < -0.4 is 16.0 Å². The zero-order valence-electron chi connectivity index (χ0n) is 14.1. The molecule has 0 atom stereocenters. The molecule has 0 saturated heterocycles. The van der Waals surface area contributed by atoms with Crippen LogP contribution >= 0.6 is 23.6 Å². The predicted molar refractivity (Wildman–Crippen MR) is 105 cm³/mol. The number of nitrogens with zero attached hydrogens (tertiary/aromatic N) is 3. The molecule has 3 N–H and O–H groups in total. The lowest BCUT2D eigenvalue weighted by molar-refractivity contribution is 0.940. The van der Waals surface area contributed by atoms with Crippen LogP contribution in [0, 0.1) is 13.8 Å². The zero-order chi connectivity index (χ0) is 17.4. The molecule has 2 rings (SSSR count). The summed E-state index contributed by atoms with van der Waals surface area (Å²) in [5, 5.41) is 11.8. The van der Waals surface area contributed by atoms with Gasteiger partial charge in [-0.05, 0) is 50.5 Å². The van der Waals surface area contributed by atoms with Crippen molar-refractivity contribution >= 4 is 40.6 Å². The van der Waals surface area contributed by atoms with Crippen LogP contribution in [0.15, 0.2) is 28.6 Å². The monoisotopic (exact) mass is 362 g/mol. The molecular formula is C16H22N6S2. The highest BCUT2D eigenvalue weighted by atomic mass is 32.1. The van der Waals surface area contributed by atoms with Gasteiger partial charge in [0.25, 0.3) is 0 Å². The maximum absolute atomic E-state index is 5.25. The SMILES string of the molecule is CCNC(=S)NC(=NCCc1cccs1)Nc1nc(C)cc(C)n1. The van der Waals surface area contributed by atoms with Gasteiger partial charge in [-0.3, -0.25) is 10.3 Å². The molecule has 0 radical (unpaired) electrons. The number of thiocarbonyl (C=S) groups is 1. The first kappa shape index (κ1) is 18.3. The second-order valence-electron chi connectivity index (χ2n) is 5.14. The maximum Gasteiger partial charge on any atom is 0.229 e. The van der Waals surface area contributed by atoms with Crippen molar-refractivity contribution in [3.8, 4) is 0 Å². The van der Waals surface area contributed by atoms with Gasteiger partial charge >= 0.3 is 0 Å². The largest absolute Gasteiger partial charge is 0.363 e. The molecule has 0 saturated carbocycles.